The molecule has 4 aromatic rings. The first kappa shape index (κ1) is 19.9. The van der Waals surface area contributed by atoms with E-state index in [0.717, 1.165) is 16.5 Å². The topological polar surface area (TPSA) is 68.5 Å². The number of rotatable bonds is 4. The Kier molecular flexibility index (Phi) is 5.42. The number of hydrogen-bond donors (Lipinski definition) is 1. The van der Waals surface area contributed by atoms with Crippen molar-refractivity contribution >= 4 is 38.5 Å². The van der Waals surface area contributed by atoms with Crippen LogP contribution in [0, 0.1) is 6.92 Å². The van der Waals surface area contributed by atoms with Crippen LogP contribution >= 0.6 is 15.9 Å². The Hall–Kier alpha value is -3.38. The molecule has 6 heteroatoms. The highest BCUT2D eigenvalue weighted by Crippen LogP contribution is 2.28. The zero-order valence-corrected chi connectivity index (χ0v) is 17.9. The SMILES string of the molecule is COc1ccc(C(=O)Nc2ccc(-c3cc4ccccc4oc3=O)c(C)c2)cc1Br. The third-order valence-electron chi connectivity index (χ3n) is 4.83. The molecular weight excluding hydrogens is 446 g/mol. The van der Waals surface area contributed by atoms with E-state index in [1.54, 1.807) is 37.4 Å². The molecule has 0 bridgehead atoms. The fourth-order valence-corrected chi connectivity index (χ4v) is 3.84. The number of fused-ring (bicyclic) bond motifs is 1. The number of carbonyl (C=O) groups is 1. The maximum atomic E-state index is 12.6. The van der Waals surface area contributed by atoms with Crippen LogP contribution < -0.4 is 15.7 Å². The van der Waals surface area contributed by atoms with Gasteiger partial charge in [0.1, 0.15) is 11.3 Å². The van der Waals surface area contributed by atoms with E-state index in [-0.39, 0.29) is 5.91 Å². The quantitative estimate of drug-likeness (QED) is 0.388. The van der Waals surface area contributed by atoms with Gasteiger partial charge in [0.25, 0.3) is 5.91 Å². The number of ether oxygens (including phenoxy) is 1. The van der Waals surface area contributed by atoms with Gasteiger partial charge in [-0.1, -0.05) is 24.3 Å². The maximum Gasteiger partial charge on any atom is 0.344 e. The molecule has 0 aliphatic carbocycles. The number of carbonyl (C=O) groups excluding carboxylic acids is 1. The number of hydrogen-bond acceptors (Lipinski definition) is 4. The van der Waals surface area contributed by atoms with Crippen molar-refractivity contribution < 1.29 is 13.9 Å². The Morgan fingerprint density at radius 1 is 1.00 bits per heavy atom. The number of para-hydroxylation sites is 1. The van der Waals surface area contributed by atoms with E-state index >= 15 is 0 Å². The molecule has 1 aromatic heterocycles. The third kappa shape index (κ3) is 3.86. The van der Waals surface area contributed by atoms with E-state index in [9.17, 15) is 9.59 Å². The molecule has 1 N–H and O–H groups in total. The number of amides is 1. The van der Waals surface area contributed by atoms with E-state index in [4.69, 9.17) is 9.15 Å². The van der Waals surface area contributed by atoms with Crippen molar-refractivity contribution in [1.82, 2.24) is 0 Å². The molecular formula is C24H18BrNO4. The van der Waals surface area contributed by atoms with Crippen LogP contribution in [0.5, 0.6) is 5.75 Å². The van der Waals surface area contributed by atoms with Crippen molar-refractivity contribution in [3.63, 3.8) is 0 Å². The van der Waals surface area contributed by atoms with Crippen LogP contribution in [0.2, 0.25) is 0 Å². The highest BCUT2D eigenvalue weighted by molar-refractivity contribution is 9.10. The summed E-state index contributed by atoms with van der Waals surface area (Å²) in [5, 5.41) is 3.74. The number of benzene rings is 3. The number of nitrogens with one attached hydrogen (secondary N) is 1. The first-order valence-electron chi connectivity index (χ1n) is 9.25. The zero-order chi connectivity index (χ0) is 21.3. The molecule has 0 saturated heterocycles. The standard InChI is InChI=1S/C24H18BrNO4/c1-14-11-17(26-23(27)16-7-10-22(29-2)20(25)13-16)8-9-18(14)19-12-15-5-3-4-6-21(15)30-24(19)28/h3-13H,1-2H3,(H,26,27). The number of aryl methyl sites for hydroxylation is 1. The largest absolute Gasteiger partial charge is 0.496 e. The van der Waals surface area contributed by atoms with Crippen molar-refractivity contribution in [2.75, 3.05) is 12.4 Å². The summed E-state index contributed by atoms with van der Waals surface area (Å²) in [5.74, 6) is 0.414. The molecule has 150 valence electrons. The van der Waals surface area contributed by atoms with Crippen LogP contribution in [0.15, 0.2) is 80.4 Å². The maximum absolute atomic E-state index is 12.6. The zero-order valence-electron chi connectivity index (χ0n) is 16.4. The second-order valence-corrected chi connectivity index (χ2v) is 7.67. The van der Waals surface area contributed by atoms with E-state index in [0.29, 0.717) is 32.6 Å². The molecule has 0 aliphatic heterocycles. The van der Waals surface area contributed by atoms with Crippen LogP contribution in [0.4, 0.5) is 5.69 Å². The molecule has 30 heavy (non-hydrogen) atoms. The Labute approximate surface area is 181 Å². The molecule has 0 aliphatic rings. The minimum atomic E-state index is -0.392. The number of methoxy groups -OCH3 is 1. The van der Waals surface area contributed by atoms with E-state index in [1.807, 2.05) is 43.3 Å². The average molecular weight is 464 g/mol. The summed E-state index contributed by atoms with van der Waals surface area (Å²) in [6, 6.07) is 19.8. The lowest BCUT2D eigenvalue weighted by atomic mass is 10.0. The summed E-state index contributed by atoms with van der Waals surface area (Å²) in [7, 11) is 1.57. The van der Waals surface area contributed by atoms with E-state index in [1.165, 1.54) is 0 Å². The van der Waals surface area contributed by atoms with Crippen LogP contribution in [0.3, 0.4) is 0 Å². The van der Waals surface area contributed by atoms with Gasteiger partial charge in [0.15, 0.2) is 0 Å². The second kappa shape index (κ2) is 8.16. The van der Waals surface area contributed by atoms with Crippen molar-refractivity contribution in [3.8, 4) is 16.9 Å². The van der Waals surface area contributed by atoms with Gasteiger partial charge in [0, 0.05) is 16.6 Å². The first-order valence-corrected chi connectivity index (χ1v) is 10.0. The highest BCUT2D eigenvalue weighted by atomic mass is 79.9. The Bertz CT molecular complexity index is 1330. The van der Waals surface area contributed by atoms with Crippen LogP contribution in [0.1, 0.15) is 15.9 Å². The molecule has 1 heterocycles. The van der Waals surface area contributed by atoms with Crippen LogP contribution in [-0.2, 0) is 0 Å². The first-order chi connectivity index (χ1) is 14.5. The van der Waals surface area contributed by atoms with E-state index in [2.05, 4.69) is 21.2 Å². The minimum absolute atomic E-state index is 0.240. The van der Waals surface area contributed by atoms with Crippen molar-refractivity contribution in [3.05, 3.63) is 92.7 Å². The summed E-state index contributed by atoms with van der Waals surface area (Å²) >= 11 is 3.39. The van der Waals surface area contributed by atoms with Crippen molar-refractivity contribution in [2.45, 2.75) is 6.92 Å². The van der Waals surface area contributed by atoms with Gasteiger partial charge in [-0.05, 0) is 76.4 Å². The Morgan fingerprint density at radius 2 is 1.80 bits per heavy atom. The van der Waals surface area contributed by atoms with Crippen molar-refractivity contribution in [1.29, 1.82) is 0 Å². The van der Waals surface area contributed by atoms with Crippen LogP contribution in [-0.4, -0.2) is 13.0 Å². The fourth-order valence-electron chi connectivity index (χ4n) is 3.30. The summed E-state index contributed by atoms with van der Waals surface area (Å²) in [4.78, 5) is 25.1. The van der Waals surface area contributed by atoms with Gasteiger partial charge in [-0.2, -0.15) is 0 Å². The van der Waals surface area contributed by atoms with Gasteiger partial charge in [0.2, 0.25) is 0 Å². The molecule has 0 fully saturated rings. The van der Waals surface area contributed by atoms with Gasteiger partial charge >= 0.3 is 5.63 Å². The second-order valence-electron chi connectivity index (χ2n) is 6.82. The number of anilines is 1. The fraction of sp³-hybridized carbons (Fsp3) is 0.0833. The number of halogens is 1. The molecule has 0 atom stereocenters. The lowest BCUT2D eigenvalue weighted by Crippen LogP contribution is -2.12. The molecule has 0 radical (unpaired) electrons. The lowest BCUT2D eigenvalue weighted by molar-refractivity contribution is 0.102. The minimum Gasteiger partial charge on any atom is -0.496 e. The summed E-state index contributed by atoms with van der Waals surface area (Å²) in [6.45, 7) is 1.89. The molecule has 4 rings (SSSR count). The third-order valence-corrected chi connectivity index (χ3v) is 5.45. The predicted molar refractivity (Wildman–Crippen MR) is 121 cm³/mol. The van der Waals surface area contributed by atoms with Gasteiger partial charge < -0.3 is 14.5 Å². The Morgan fingerprint density at radius 3 is 2.53 bits per heavy atom. The monoisotopic (exact) mass is 463 g/mol. The highest BCUT2D eigenvalue weighted by Gasteiger charge is 2.13. The van der Waals surface area contributed by atoms with Crippen molar-refractivity contribution in [2.24, 2.45) is 0 Å². The smallest absolute Gasteiger partial charge is 0.344 e. The van der Waals surface area contributed by atoms with Gasteiger partial charge in [-0.15, -0.1) is 0 Å². The van der Waals surface area contributed by atoms with E-state index < -0.39 is 5.63 Å². The average Bonchev–Trinajstić information content (AvgIpc) is 2.73. The Balaban J connectivity index is 1.62. The summed E-state index contributed by atoms with van der Waals surface area (Å²) in [5.41, 5.74) is 3.40. The van der Waals surface area contributed by atoms with Crippen LogP contribution in [0.25, 0.3) is 22.1 Å². The summed E-state index contributed by atoms with van der Waals surface area (Å²) < 4.78 is 11.3. The molecule has 0 unspecified atom stereocenters. The van der Waals surface area contributed by atoms with Gasteiger partial charge in [-0.25, -0.2) is 4.79 Å². The molecule has 0 saturated carbocycles. The predicted octanol–water partition coefficient (Wildman–Crippen LogP) is 5.79. The molecule has 0 spiro atoms. The van der Waals surface area contributed by atoms with Gasteiger partial charge in [0.05, 0.1) is 17.1 Å². The molecule has 1 amide bonds. The molecule has 5 nitrogen and oxygen atoms in total. The lowest BCUT2D eigenvalue weighted by Gasteiger charge is -2.11. The molecule has 3 aromatic carbocycles. The van der Waals surface area contributed by atoms with Gasteiger partial charge in [-0.3, -0.25) is 4.79 Å². The summed E-state index contributed by atoms with van der Waals surface area (Å²) in [6.07, 6.45) is 0. The normalized spacial score (nSPS) is 10.8.